The Balaban J connectivity index is 2.05. The molecule has 0 aliphatic carbocycles. The van der Waals surface area contributed by atoms with Crippen LogP contribution in [0.15, 0.2) is 42.5 Å². The molecule has 3 rings (SSSR count). The summed E-state index contributed by atoms with van der Waals surface area (Å²) in [5.74, 6) is -1.61. The summed E-state index contributed by atoms with van der Waals surface area (Å²) in [5, 5.41) is 0. The average molecular weight is 439 g/mol. The summed E-state index contributed by atoms with van der Waals surface area (Å²) in [6.45, 7) is 2.96. The van der Waals surface area contributed by atoms with Crippen LogP contribution in [0, 0.1) is 12.8 Å². The predicted octanol–water partition coefficient (Wildman–Crippen LogP) is 2.92. The first kappa shape index (κ1) is 23.5. The molecule has 2 aromatic rings. The monoisotopic (exact) mass is 438 g/mol. The van der Waals surface area contributed by atoms with Crippen molar-refractivity contribution < 1.29 is 23.9 Å². The van der Waals surface area contributed by atoms with Crippen molar-refractivity contribution in [3.8, 4) is 11.5 Å². The molecule has 2 atom stereocenters. The summed E-state index contributed by atoms with van der Waals surface area (Å²) in [4.78, 5) is 43.3. The molecule has 0 aromatic heterocycles. The Kier molecular flexibility index (Phi) is 7.30. The first-order chi connectivity index (χ1) is 15.3. The number of methoxy groups -OCH3 is 2. The van der Waals surface area contributed by atoms with Crippen LogP contribution < -0.4 is 9.47 Å². The summed E-state index contributed by atoms with van der Waals surface area (Å²) >= 11 is 0. The van der Waals surface area contributed by atoms with Crippen molar-refractivity contribution in [1.29, 1.82) is 0 Å². The molecule has 0 N–H and O–H groups in total. The SMILES string of the molecule is COc1ccc(C(=O)C2C(=O)C(=O)N(CCCN(C)C)C2c2ccccc2OC)cc1C. The molecule has 1 aliphatic rings. The van der Waals surface area contributed by atoms with E-state index in [2.05, 4.69) is 0 Å². The maximum atomic E-state index is 13.6. The van der Waals surface area contributed by atoms with Gasteiger partial charge in [0.15, 0.2) is 5.78 Å². The molecular weight excluding hydrogens is 408 g/mol. The van der Waals surface area contributed by atoms with Gasteiger partial charge in [0.1, 0.15) is 17.4 Å². The minimum absolute atomic E-state index is 0.372. The molecule has 1 heterocycles. The van der Waals surface area contributed by atoms with Crippen LogP contribution in [0.25, 0.3) is 0 Å². The maximum Gasteiger partial charge on any atom is 0.291 e. The summed E-state index contributed by atoms with van der Waals surface area (Å²) in [6, 6.07) is 11.6. The van der Waals surface area contributed by atoms with Crippen LogP contribution in [0.5, 0.6) is 11.5 Å². The summed E-state index contributed by atoms with van der Waals surface area (Å²) in [6.07, 6.45) is 0.681. The average Bonchev–Trinajstić information content (AvgIpc) is 3.03. The van der Waals surface area contributed by atoms with Gasteiger partial charge in [-0.25, -0.2) is 0 Å². The van der Waals surface area contributed by atoms with Gasteiger partial charge in [0.25, 0.3) is 5.91 Å². The number of hydrogen-bond acceptors (Lipinski definition) is 6. The zero-order valence-electron chi connectivity index (χ0n) is 19.3. The summed E-state index contributed by atoms with van der Waals surface area (Å²) in [7, 11) is 7.00. The first-order valence-corrected chi connectivity index (χ1v) is 10.6. The molecule has 1 saturated heterocycles. The highest BCUT2D eigenvalue weighted by Gasteiger charge is 2.52. The van der Waals surface area contributed by atoms with Gasteiger partial charge >= 0.3 is 0 Å². The number of benzene rings is 2. The van der Waals surface area contributed by atoms with E-state index in [1.165, 1.54) is 12.0 Å². The van der Waals surface area contributed by atoms with Crippen molar-refractivity contribution in [1.82, 2.24) is 9.80 Å². The Morgan fingerprint density at radius 1 is 1.03 bits per heavy atom. The van der Waals surface area contributed by atoms with Crippen LogP contribution in [0.1, 0.15) is 33.9 Å². The van der Waals surface area contributed by atoms with E-state index in [9.17, 15) is 14.4 Å². The van der Waals surface area contributed by atoms with E-state index in [0.29, 0.717) is 35.6 Å². The van der Waals surface area contributed by atoms with Crippen molar-refractivity contribution >= 4 is 17.5 Å². The van der Waals surface area contributed by atoms with Gasteiger partial charge in [-0.2, -0.15) is 0 Å². The molecule has 0 bridgehead atoms. The molecule has 7 nitrogen and oxygen atoms in total. The molecule has 1 fully saturated rings. The van der Waals surface area contributed by atoms with Crippen LogP contribution in [0.3, 0.4) is 0 Å². The molecule has 1 aliphatic heterocycles. The van der Waals surface area contributed by atoms with Gasteiger partial charge in [0, 0.05) is 17.7 Å². The van der Waals surface area contributed by atoms with Crippen molar-refractivity contribution in [3.63, 3.8) is 0 Å². The largest absolute Gasteiger partial charge is 0.496 e. The van der Waals surface area contributed by atoms with Crippen LogP contribution >= 0.6 is 0 Å². The maximum absolute atomic E-state index is 13.6. The molecule has 0 radical (unpaired) electrons. The third-order valence-electron chi connectivity index (χ3n) is 5.83. The normalized spacial score (nSPS) is 18.4. The third kappa shape index (κ3) is 4.53. The highest BCUT2D eigenvalue weighted by atomic mass is 16.5. The highest BCUT2D eigenvalue weighted by molar-refractivity contribution is 6.44. The Hall–Kier alpha value is -3.19. The quantitative estimate of drug-likeness (QED) is 0.340. The number of rotatable bonds is 9. The molecule has 170 valence electrons. The van der Waals surface area contributed by atoms with Crippen LogP contribution in [0.4, 0.5) is 0 Å². The van der Waals surface area contributed by atoms with Gasteiger partial charge in [0.05, 0.1) is 20.3 Å². The van der Waals surface area contributed by atoms with Crippen molar-refractivity contribution in [2.24, 2.45) is 5.92 Å². The molecule has 0 saturated carbocycles. The van der Waals surface area contributed by atoms with E-state index in [4.69, 9.17) is 9.47 Å². The Bertz CT molecular complexity index is 1020. The fourth-order valence-corrected chi connectivity index (χ4v) is 4.25. The fourth-order valence-electron chi connectivity index (χ4n) is 4.25. The number of hydrogen-bond donors (Lipinski definition) is 0. The van der Waals surface area contributed by atoms with Crippen LogP contribution in [-0.4, -0.2) is 68.7 Å². The number of para-hydroxylation sites is 1. The molecule has 0 spiro atoms. The molecule has 32 heavy (non-hydrogen) atoms. The topological polar surface area (TPSA) is 76.2 Å². The van der Waals surface area contributed by atoms with Gasteiger partial charge in [-0.05, 0) is 63.8 Å². The Labute approximate surface area is 188 Å². The predicted molar refractivity (Wildman–Crippen MR) is 121 cm³/mol. The smallest absolute Gasteiger partial charge is 0.291 e. The van der Waals surface area contributed by atoms with Gasteiger partial charge in [-0.3, -0.25) is 14.4 Å². The number of likely N-dealkylation sites (tertiary alicyclic amines) is 1. The summed E-state index contributed by atoms with van der Waals surface area (Å²) in [5.41, 5.74) is 1.82. The van der Waals surface area contributed by atoms with Gasteiger partial charge in [-0.1, -0.05) is 18.2 Å². The number of carbonyl (C=O) groups is 3. The number of nitrogens with zero attached hydrogens (tertiary/aromatic N) is 2. The van der Waals surface area contributed by atoms with Gasteiger partial charge in [0.2, 0.25) is 5.78 Å². The lowest BCUT2D eigenvalue weighted by atomic mass is 9.85. The first-order valence-electron chi connectivity index (χ1n) is 10.6. The van der Waals surface area contributed by atoms with Crippen LogP contribution in [-0.2, 0) is 9.59 Å². The molecule has 2 aromatic carbocycles. The van der Waals surface area contributed by atoms with Crippen molar-refractivity contribution in [2.75, 3.05) is 41.4 Å². The molecule has 7 heteroatoms. The zero-order chi connectivity index (χ0) is 23.4. The van der Waals surface area contributed by atoms with Gasteiger partial charge < -0.3 is 19.3 Å². The lowest BCUT2D eigenvalue weighted by Crippen LogP contribution is -2.33. The number of ether oxygens (including phenoxy) is 2. The minimum atomic E-state index is -1.13. The lowest BCUT2D eigenvalue weighted by molar-refractivity contribution is -0.140. The van der Waals surface area contributed by atoms with E-state index in [1.54, 1.807) is 31.4 Å². The number of Topliss-reactive ketones (excluding diaryl/α,β-unsaturated/α-hetero) is 2. The second kappa shape index (κ2) is 9.96. The second-order valence-corrected chi connectivity index (χ2v) is 8.23. The number of amides is 1. The highest BCUT2D eigenvalue weighted by Crippen LogP contribution is 2.42. The zero-order valence-corrected chi connectivity index (χ0v) is 19.3. The summed E-state index contributed by atoms with van der Waals surface area (Å²) < 4.78 is 10.8. The second-order valence-electron chi connectivity index (χ2n) is 8.23. The van der Waals surface area contributed by atoms with Crippen molar-refractivity contribution in [2.45, 2.75) is 19.4 Å². The van der Waals surface area contributed by atoms with E-state index in [1.807, 2.05) is 44.1 Å². The van der Waals surface area contributed by atoms with E-state index < -0.39 is 23.7 Å². The van der Waals surface area contributed by atoms with Crippen molar-refractivity contribution in [3.05, 3.63) is 59.2 Å². The minimum Gasteiger partial charge on any atom is -0.496 e. The number of aryl methyl sites for hydroxylation is 1. The fraction of sp³-hybridized carbons (Fsp3) is 0.400. The molecular formula is C25H30N2O5. The Morgan fingerprint density at radius 2 is 1.72 bits per heavy atom. The Morgan fingerprint density at radius 3 is 2.34 bits per heavy atom. The standard InChI is InChI=1S/C25H30N2O5/c1-16-15-17(11-12-19(16)31-4)23(28)21-22(18-9-6-7-10-20(18)32-5)27(25(30)24(21)29)14-8-13-26(2)3/h6-7,9-12,15,21-22H,8,13-14H2,1-5H3. The van der Waals surface area contributed by atoms with E-state index in [0.717, 1.165) is 12.1 Å². The van der Waals surface area contributed by atoms with E-state index >= 15 is 0 Å². The number of carbonyl (C=O) groups excluding carboxylic acids is 3. The molecule has 2 unspecified atom stereocenters. The van der Waals surface area contributed by atoms with E-state index in [-0.39, 0.29) is 5.78 Å². The lowest BCUT2D eigenvalue weighted by Gasteiger charge is -2.28. The number of ketones is 2. The third-order valence-corrected chi connectivity index (χ3v) is 5.83. The molecule has 1 amide bonds. The van der Waals surface area contributed by atoms with Crippen LogP contribution in [0.2, 0.25) is 0 Å². The van der Waals surface area contributed by atoms with Gasteiger partial charge in [-0.15, -0.1) is 0 Å².